The number of benzene rings is 1. The molecule has 0 aromatic heterocycles. The van der Waals surface area contributed by atoms with Crippen LogP contribution in [-0.2, 0) is 0 Å². The molecule has 1 aliphatic rings. The third kappa shape index (κ3) is 2.34. The van der Waals surface area contributed by atoms with Crippen molar-refractivity contribution in [3.8, 4) is 0 Å². The van der Waals surface area contributed by atoms with Crippen LogP contribution in [0.2, 0.25) is 0 Å². The van der Waals surface area contributed by atoms with Gasteiger partial charge in [-0.15, -0.1) is 0 Å². The highest BCUT2D eigenvalue weighted by atomic mass is 79.9. The van der Waals surface area contributed by atoms with E-state index in [0.29, 0.717) is 5.92 Å². The summed E-state index contributed by atoms with van der Waals surface area (Å²) in [5.74, 6) is 0.671. The molecule has 0 radical (unpaired) electrons. The van der Waals surface area contributed by atoms with Crippen LogP contribution < -0.4 is 10.6 Å². The van der Waals surface area contributed by atoms with Crippen molar-refractivity contribution in [3.05, 3.63) is 28.2 Å². The maximum Gasteiger partial charge on any atom is 0.0377 e. The van der Waals surface area contributed by atoms with Gasteiger partial charge in [-0.1, -0.05) is 22.0 Å². The number of anilines is 1. The standard InChI is InChI=1S/C12H17BrN2/c1-9-2-3-11(6-12(9)13)15-5-4-10(7-14)8-15/h2-3,6,10H,4-5,7-8,14H2,1H3. The summed E-state index contributed by atoms with van der Waals surface area (Å²) in [6, 6.07) is 6.56. The topological polar surface area (TPSA) is 29.3 Å². The fraction of sp³-hybridized carbons (Fsp3) is 0.500. The number of nitrogens with zero attached hydrogens (tertiary/aromatic N) is 1. The van der Waals surface area contributed by atoms with E-state index in [9.17, 15) is 0 Å². The number of aryl methyl sites for hydroxylation is 1. The molecule has 1 aromatic rings. The van der Waals surface area contributed by atoms with Gasteiger partial charge < -0.3 is 10.6 Å². The lowest BCUT2D eigenvalue weighted by Gasteiger charge is -2.19. The van der Waals surface area contributed by atoms with Gasteiger partial charge in [0.25, 0.3) is 0 Å². The average molecular weight is 269 g/mol. The second-order valence-corrected chi connectivity index (χ2v) is 5.12. The van der Waals surface area contributed by atoms with E-state index in [1.807, 2.05) is 0 Å². The Kier molecular flexibility index (Phi) is 3.32. The predicted molar refractivity (Wildman–Crippen MR) is 68.3 cm³/mol. The summed E-state index contributed by atoms with van der Waals surface area (Å²) in [6.07, 6.45) is 1.22. The van der Waals surface area contributed by atoms with Crippen molar-refractivity contribution in [2.75, 3.05) is 24.5 Å². The Balaban J connectivity index is 2.13. The molecule has 82 valence electrons. The smallest absolute Gasteiger partial charge is 0.0377 e. The normalized spacial score (nSPS) is 21.0. The molecular weight excluding hydrogens is 252 g/mol. The van der Waals surface area contributed by atoms with Crippen molar-refractivity contribution < 1.29 is 0 Å². The third-order valence-electron chi connectivity index (χ3n) is 3.14. The predicted octanol–water partition coefficient (Wildman–Crippen LogP) is 2.54. The third-order valence-corrected chi connectivity index (χ3v) is 3.99. The van der Waals surface area contributed by atoms with Crippen LogP contribution in [0.4, 0.5) is 5.69 Å². The zero-order chi connectivity index (χ0) is 10.8. The van der Waals surface area contributed by atoms with E-state index in [2.05, 4.69) is 46.0 Å². The molecule has 0 bridgehead atoms. The quantitative estimate of drug-likeness (QED) is 0.894. The Morgan fingerprint density at radius 1 is 1.53 bits per heavy atom. The van der Waals surface area contributed by atoms with Crippen molar-refractivity contribution in [2.24, 2.45) is 11.7 Å². The van der Waals surface area contributed by atoms with E-state index in [1.165, 1.54) is 22.1 Å². The van der Waals surface area contributed by atoms with Crippen molar-refractivity contribution in [2.45, 2.75) is 13.3 Å². The largest absolute Gasteiger partial charge is 0.371 e. The Bertz CT molecular complexity index is 351. The summed E-state index contributed by atoms with van der Waals surface area (Å²) in [5, 5.41) is 0. The van der Waals surface area contributed by atoms with Gasteiger partial charge in [-0.25, -0.2) is 0 Å². The monoisotopic (exact) mass is 268 g/mol. The van der Waals surface area contributed by atoms with E-state index < -0.39 is 0 Å². The summed E-state index contributed by atoms with van der Waals surface area (Å²) in [4.78, 5) is 2.42. The molecule has 1 fully saturated rings. The first-order chi connectivity index (χ1) is 7.20. The molecule has 1 atom stereocenters. The highest BCUT2D eigenvalue weighted by Crippen LogP contribution is 2.27. The first-order valence-electron chi connectivity index (χ1n) is 5.42. The number of halogens is 1. The highest BCUT2D eigenvalue weighted by Gasteiger charge is 2.21. The lowest BCUT2D eigenvalue weighted by atomic mass is 10.1. The van der Waals surface area contributed by atoms with Gasteiger partial charge in [0, 0.05) is 23.2 Å². The zero-order valence-corrected chi connectivity index (χ0v) is 10.6. The maximum atomic E-state index is 5.69. The molecule has 1 unspecified atom stereocenters. The van der Waals surface area contributed by atoms with Gasteiger partial charge in [0.15, 0.2) is 0 Å². The van der Waals surface area contributed by atoms with Crippen molar-refractivity contribution in [3.63, 3.8) is 0 Å². The summed E-state index contributed by atoms with van der Waals surface area (Å²) < 4.78 is 1.19. The molecule has 0 saturated carbocycles. The lowest BCUT2D eigenvalue weighted by Crippen LogP contribution is -2.22. The second kappa shape index (κ2) is 4.54. The first-order valence-corrected chi connectivity index (χ1v) is 6.21. The molecule has 2 nitrogen and oxygen atoms in total. The number of rotatable bonds is 2. The van der Waals surface area contributed by atoms with Crippen LogP contribution in [0.1, 0.15) is 12.0 Å². The number of nitrogens with two attached hydrogens (primary N) is 1. The molecule has 3 heteroatoms. The van der Waals surface area contributed by atoms with E-state index in [0.717, 1.165) is 19.6 Å². The molecule has 1 saturated heterocycles. The Labute approximate surface area is 99.6 Å². The summed E-state index contributed by atoms with van der Waals surface area (Å²) >= 11 is 3.57. The van der Waals surface area contributed by atoms with E-state index >= 15 is 0 Å². The van der Waals surface area contributed by atoms with Crippen molar-refractivity contribution in [1.82, 2.24) is 0 Å². The second-order valence-electron chi connectivity index (χ2n) is 4.27. The van der Waals surface area contributed by atoms with Gasteiger partial charge in [0.1, 0.15) is 0 Å². The zero-order valence-electron chi connectivity index (χ0n) is 9.04. The summed E-state index contributed by atoms with van der Waals surface area (Å²) in [7, 11) is 0. The van der Waals surface area contributed by atoms with Gasteiger partial charge in [0.2, 0.25) is 0 Å². The van der Waals surface area contributed by atoms with Crippen LogP contribution >= 0.6 is 15.9 Å². The van der Waals surface area contributed by atoms with Crippen LogP contribution in [0.15, 0.2) is 22.7 Å². The first kappa shape index (κ1) is 11.0. The molecule has 1 aliphatic heterocycles. The van der Waals surface area contributed by atoms with Gasteiger partial charge in [-0.2, -0.15) is 0 Å². The summed E-state index contributed by atoms with van der Waals surface area (Å²) in [6.45, 7) is 5.16. The highest BCUT2D eigenvalue weighted by molar-refractivity contribution is 9.10. The molecule has 2 N–H and O–H groups in total. The molecule has 0 amide bonds. The molecule has 0 aliphatic carbocycles. The number of hydrogen-bond donors (Lipinski definition) is 1. The van der Waals surface area contributed by atoms with Crippen LogP contribution in [-0.4, -0.2) is 19.6 Å². The van der Waals surface area contributed by atoms with Crippen LogP contribution in [0.5, 0.6) is 0 Å². The Hall–Kier alpha value is -0.540. The minimum Gasteiger partial charge on any atom is -0.371 e. The molecular formula is C12H17BrN2. The van der Waals surface area contributed by atoms with Crippen LogP contribution in [0.25, 0.3) is 0 Å². The number of hydrogen-bond acceptors (Lipinski definition) is 2. The molecule has 1 aromatic carbocycles. The molecule has 0 spiro atoms. The molecule has 15 heavy (non-hydrogen) atoms. The SMILES string of the molecule is Cc1ccc(N2CCC(CN)C2)cc1Br. The molecule has 1 heterocycles. The maximum absolute atomic E-state index is 5.69. The average Bonchev–Trinajstić information content (AvgIpc) is 2.70. The summed E-state index contributed by atoms with van der Waals surface area (Å²) in [5.41, 5.74) is 8.29. The minimum atomic E-state index is 0.671. The van der Waals surface area contributed by atoms with Crippen LogP contribution in [0, 0.1) is 12.8 Å². The van der Waals surface area contributed by atoms with E-state index in [1.54, 1.807) is 0 Å². The lowest BCUT2D eigenvalue weighted by molar-refractivity contribution is 0.602. The van der Waals surface area contributed by atoms with Gasteiger partial charge in [-0.3, -0.25) is 0 Å². The van der Waals surface area contributed by atoms with Gasteiger partial charge >= 0.3 is 0 Å². The van der Waals surface area contributed by atoms with Crippen molar-refractivity contribution >= 4 is 21.6 Å². The molecule has 2 rings (SSSR count). The van der Waals surface area contributed by atoms with E-state index in [-0.39, 0.29) is 0 Å². The van der Waals surface area contributed by atoms with Gasteiger partial charge in [-0.05, 0) is 43.5 Å². The minimum absolute atomic E-state index is 0.671. The van der Waals surface area contributed by atoms with Gasteiger partial charge in [0.05, 0.1) is 0 Å². The van der Waals surface area contributed by atoms with E-state index in [4.69, 9.17) is 5.73 Å². The Morgan fingerprint density at radius 2 is 2.33 bits per heavy atom. The fourth-order valence-electron chi connectivity index (χ4n) is 2.04. The fourth-order valence-corrected chi connectivity index (χ4v) is 2.40. The Morgan fingerprint density at radius 3 is 2.93 bits per heavy atom. The van der Waals surface area contributed by atoms with Crippen molar-refractivity contribution in [1.29, 1.82) is 0 Å². The van der Waals surface area contributed by atoms with Crippen LogP contribution in [0.3, 0.4) is 0 Å².